The predicted molar refractivity (Wildman–Crippen MR) is 121 cm³/mol. The van der Waals surface area contributed by atoms with Crippen LogP contribution in [-0.4, -0.2) is 84.2 Å². The van der Waals surface area contributed by atoms with Crippen LogP contribution >= 0.6 is 0 Å². The number of aliphatic hydroxyl groups excluding tert-OH is 3. The van der Waals surface area contributed by atoms with E-state index in [-0.39, 0.29) is 26.4 Å². The van der Waals surface area contributed by atoms with Crippen LogP contribution in [0.4, 0.5) is 17.1 Å². The van der Waals surface area contributed by atoms with Gasteiger partial charge in [0.1, 0.15) is 12.4 Å². The number of nitrogens with zero attached hydrogens (tertiary/aromatic N) is 3. The minimum atomic E-state index is -0.109. The van der Waals surface area contributed by atoms with Crippen LogP contribution in [-0.2, 0) is 0 Å². The third kappa shape index (κ3) is 7.60. The zero-order valence-corrected chi connectivity index (χ0v) is 17.1. The molecule has 1 aromatic carbocycles. The van der Waals surface area contributed by atoms with E-state index in [1.54, 1.807) is 12.1 Å². The fourth-order valence-electron chi connectivity index (χ4n) is 2.87. The van der Waals surface area contributed by atoms with Gasteiger partial charge in [-0.05, 0) is 36.8 Å². The maximum atomic E-state index is 9.03. The molecule has 30 heavy (non-hydrogen) atoms. The van der Waals surface area contributed by atoms with Gasteiger partial charge in [-0.1, -0.05) is 0 Å². The minimum Gasteiger partial charge on any atom is -0.489 e. The fourth-order valence-corrected chi connectivity index (χ4v) is 2.87. The van der Waals surface area contributed by atoms with Crippen LogP contribution in [0.5, 0.6) is 5.75 Å². The molecular formula is C21H31N5O4. The maximum absolute atomic E-state index is 9.03. The Labute approximate surface area is 176 Å². The highest BCUT2D eigenvalue weighted by atomic mass is 16.5. The van der Waals surface area contributed by atoms with Gasteiger partial charge in [0.15, 0.2) is 0 Å². The van der Waals surface area contributed by atoms with Crippen molar-refractivity contribution in [3.63, 3.8) is 0 Å². The molecule has 1 aliphatic carbocycles. The number of nitrogens with two attached hydrogens (primary N) is 2. The summed E-state index contributed by atoms with van der Waals surface area (Å²) in [6.45, 7) is 2.72. The Kier molecular flexibility index (Phi) is 10.0. The van der Waals surface area contributed by atoms with Gasteiger partial charge in [-0.25, -0.2) is 4.99 Å². The van der Waals surface area contributed by atoms with Crippen LogP contribution in [0, 0.1) is 0 Å². The number of hydrogen-bond donors (Lipinski definition) is 5. The molecule has 164 valence electrons. The van der Waals surface area contributed by atoms with E-state index in [1.165, 1.54) is 0 Å². The molecule has 0 fully saturated rings. The van der Waals surface area contributed by atoms with Crippen LogP contribution in [0.15, 0.2) is 46.4 Å². The first-order chi connectivity index (χ1) is 14.6. The molecule has 0 saturated heterocycles. The molecule has 0 unspecified atom stereocenters. The van der Waals surface area contributed by atoms with E-state index in [1.807, 2.05) is 29.2 Å². The first kappa shape index (κ1) is 23.6. The molecule has 0 amide bonds. The number of hydrogen-bond acceptors (Lipinski definition) is 9. The highest BCUT2D eigenvalue weighted by Crippen LogP contribution is 2.33. The van der Waals surface area contributed by atoms with Crippen LogP contribution in [0.25, 0.3) is 0 Å². The van der Waals surface area contributed by atoms with E-state index in [0.29, 0.717) is 42.4 Å². The molecule has 0 heterocycles. The lowest BCUT2D eigenvalue weighted by Crippen LogP contribution is -2.31. The van der Waals surface area contributed by atoms with E-state index in [2.05, 4.69) is 9.98 Å². The van der Waals surface area contributed by atoms with Crippen molar-refractivity contribution in [1.82, 2.24) is 4.90 Å². The lowest BCUT2D eigenvalue weighted by atomic mass is 10.1. The van der Waals surface area contributed by atoms with Gasteiger partial charge < -0.3 is 31.5 Å². The van der Waals surface area contributed by atoms with Gasteiger partial charge in [0.05, 0.1) is 48.3 Å². The van der Waals surface area contributed by atoms with Gasteiger partial charge in [0, 0.05) is 32.2 Å². The number of anilines is 2. The average molecular weight is 418 g/mol. The topological polar surface area (TPSA) is 150 Å². The summed E-state index contributed by atoms with van der Waals surface area (Å²) in [5, 5.41) is 27.0. The number of rotatable bonds is 12. The molecule has 0 aromatic heterocycles. The summed E-state index contributed by atoms with van der Waals surface area (Å²) in [5.41, 5.74) is 14.8. The molecule has 7 N–H and O–H groups in total. The largest absolute Gasteiger partial charge is 0.489 e. The number of aliphatic imine (C=N–C) groups is 2. The first-order valence-electron chi connectivity index (χ1n) is 9.93. The molecule has 9 heteroatoms. The van der Waals surface area contributed by atoms with Gasteiger partial charge >= 0.3 is 0 Å². The van der Waals surface area contributed by atoms with Gasteiger partial charge in [0.25, 0.3) is 0 Å². The summed E-state index contributed by atoms with van der Waals surface area (Å²) >= 11 is 0. The number of benzene rings is 1. The van der Waals surface area contributed by atoms with Crippen LogP contribution in [0.1, 0.15) is 6.42 Å². The molecule has 9 nitrogen and oxygen atoms in total. The van der Waals surface area contributed by atoms with Gasteiger partial charge in [-0.2, -0.15) is 0 Å². The fraction of sp³-hybridized carbons (Fsp3) is 0.429. The number of aliphatic hydroxyl groups is 3. The Morgan fingerprint density at radius 3 is 2.13 bits per heavy atom. The Balaban J connectivity index is 1.95. The Morgan fingerprint density at radius 1 is 0.833 bits per heavy atom. The van der Waals surface area contributed by atoms with Gasteiger partial charge in [-0.3, -0.25) is 9.89 Å². The highest BCUT2D eigenvalue weighted by molar-refractivity contribution is 6.19. The van der Waals surface area contributed by atoms with E-state index < -0.39 is 0 Å². The number of allylic oxidation sites excluding steroid dienone is 4. The van der Waals surface area contributed by atoms with Crippen LogP contribution < -0.4 is 16.2 Å². The first-order valence-corrected chi connectivity index (χ1v) is 9.93. The van der Waals surface area contributed by atoms with Gasteiger partial charge in [-0.15, -0.1) is 0 Å². The van der Waals surface area contributed by atoms with E-state index in [4.69, 9.17) is 31.5 Å². The van der Waals surface area contributed by atoms with Crippen LogP contribution in [0.2, 0.25) is 0 Å². The molecule has 1 aromatic rings. The van der Waals surface area contributed by atoms with Crippen molar-refractivity contribution in [2.45, 2.75) is 6.42 Å². The lowest BCUT2D eigenvalue weighted by molar-refractivity contribution is 0.160. The molecule has 2 rings (SSSR count). The Morgan fingerprint density at radius 2 is 1.50 bits per heavy atom. The Hall–Kier alpha value is -2.72. The summed E-state index contributed by atoms with van der Waals surface area (Å²) in [6.07, 6.45) is 8.31. The van der Waals surface area contributed by atoms with Crippen molar-refractivity contribution < 1.29 is 20.1 Å². The van der Waals surface area contributed by atoms with Crippen molar-refractivity contribution in [3.05, 3.63) is 36.4 Å². The molecule has 0 aliphatic heterocycles. The summed E-state index contributed by atoms with van der Waals surface area (Å²) in [5.74, 6) is 0.431. The van der Waals surface area contributed by atoms with Crippen molar-refractivity contribution >= 4 is 28.5 Å². The van der Waals surface area contributed by atoms with Gasteiger partial charge in [0.2, 0.25) is 0 Å². The van der Waals surface area contributed by atoms with Crippen LogP contribution in [0.3, 0.4) is 0 Å². The number of ether oxygens (including phenoxy) is 1. The minimum absolute atomic E-state index is 0.0790. The lowest BCUT2D eigenvalue weighted by Gasteiger charge is -2.19. The standard InChI is InChI=1S/C21H31N5O4/c22-18-14-19(23)21(30-13-12-29)15-20(18)25-17-4-2-16(3-5-17)24-6-1-7-26(8-10-27)9-11-28/h2-5,14-15,27-29H,1,6-13,22-23H2. The quantitative estimate of drug-likeness (QED) is 0.189. The number of nitrogen functional groups attached to an aromatic ring is 2. The normalized spacial score (nSPS) is 13.2. The third-order valence-corrected chi connectivity index (χ3v) is 4.37. The molecule has 0 radical (unpaired) electrons. The zero-order valence-electron chi connectivity index (χ0n) is 17.1. The zero-order chi connectivity index (χ0) is 21.8. The third-order valence-electron chi connectivity index (χ3n) is 4.37. The predicted octanol–water partition coefficient (Wildman–Crippen LogP) is 0.538. The maximum Gasteiger partial charge on any atom is 0.144 e. The van der Waals surface area contributed by atoms with Crippen molar-refractivity contribution in [1.29, 1.82) is 0 Å². The summed E-state index contributed by atoms with van der Waals surface area (Å²) in [7, 11) is 0. The highest BCUT2D eigenvalue weighted by Gasteiger charge is 2.08. The summed E-state index contributed by atoms with van der Waals surface area (Å²) in [4.78, 5) is 11.1. The SMILES string of the molecule is Nc1cc(N)c(OCCO)cc1N=C1C=CC(=NCCCN(CCO)CCO)C=C1. The molecule has 0 bridgehead atoms. The second kappa shape index (κ2) is 12.8. The molecule has 1 aliphatic rings. The molecule has 0 saturated carbocycles. The van der Waals surface area contributed by atoms with E-state index >= 15 is 0 Å². The summed E-state index contributed by atoms with van der Waals surface area (Å²) in [6, 6.07) is 3.25. The van der Waals surface area contributed by atoms with Crippen molar-refractivity contribution in [2.75, 3.05) is 64.1 Å². The Bertz CT molecular complexity index is 781. The molecule has 0 atom stereocenters. The molecular weight excluding hydrogens is 386 g/mol. The molecule has 0 spiro atoms. The van der Waals surface area contributed by atoms with Crippen molar-refractivity contribution in [3.8, 4) is 5.75 Å². The average Bonchev–Trinajstić information content (AvgIpc) is 2.73. The smallest absolute Gasteiger partial charge is 0.144 e. The monoisotopic (exact) mass is 417 g/mol. The van der Waals surface area contributed by atoms with E-state index in [9.17, 15) is 0 Å². The summed E-state index contributed by atoms with van der Waals surface area (Å²) < 4.78 is 5.40. The second-order valence-corrected chi connectivity index (χ2v) is 6.67. The van der Waals surface area contributed by atoms with Crippen molar-refractivity contribution in [2.24, 2.45) is 9.98 Å². The second-order valence-electron chi connectivity index (χ2n) is 6.67. The van der Waals surface area contributed by atoms with E-state index in [0.717, 1.165) is 24.4 Å².